The molecule has 12 heterocycles. The van der Waals surface area contributed by atoms with Gasteiger partial charge in [-0.3, -0.25) is 29.2 Å². The zero-order chi connectivity index (χ0) is 92.8. The summed E-state index contributed by atoms with van der Waals surface area (Å²) in [4.78, 5) is 101. The predicted molar refractivity (Wildman–Crippen MR) is 536 cm³/mol. The fourth-order valence-corrected chi connectivity index (χ4v) is 20.5. The average molecular weight is 1830 g/mol. The molecule has 7 aromatic carbocycles. The fraction of sp³-hybridized carbons (Fsp3) is 0.453. The smallest absolute Gasteiger partial charge is 0.410 e. The van der Waals surface area contributed by atoms with Gasteiger partial charge in [0.15, 0.2) is 0 Å². The van der Waals surface area contributed by atoms with Crippen molar-refractivity contribution in [1.82, 2.24) is 54.4 Å². The molecule has 0 radical (unpaired) electrons. The Morgan fingerprint density at radius 1 is 0.440 bits per heavy atom. The lowest BCUT2D eigenvalue weighted by Gasteiger charge is -2.41. The van der Waals surface area contributed by atoms with Gasteiger partial charge in [-0.1, -0.05) is 160 Å². The molecule has 19 rings (SSSR count). The Morgan fingerprint density at radius 3 is 1.18 bits per heavy atom. The van der Waals surface area contributed by atoms with Crippen molar-refractivity contribution < 1.29 is 34.8 Å². The summed E-state index contributed by atoms with van der Waals surface area (Å²) >= 11 is 4.71. The largest absolute Gasteiger partial charge is 0.461 e. The SMILES string of the molecule is C.C=CC(=O)Cl.[2HH].[C-]#[N+]CC1CCCN(c2nc(OC[C@]3(C)CCCN3C)nc3c2CCN(c2cccc4ccccc24)C3)C1.[C-]#[N+]CC1CN(c2nc(OC[C@]3(C)CCCN3C)nc3c2CCN(c2cccc4ccccc24)C3)CCN1C(=O)C=C.[C-]#[N+]CC1CN(c2nc(OC[C@]3(C)CCCN3C)nc3c2CCN(c2cccc4ccccc24)C3)CCN1C(=O)OCc1ccccc1. The second-order valence-electron chi connectivity index (χ2n) is 37.4. The molecular weight excluding hydrogens is 1700 g/mol. The van der Waals surface area contributed by atoms with Crippen LogP contribution in [0.3, 0.4) is 0 Å². The number of piperazine rings is 2. The van der Waals surface area contributed by atoms with E-state index >= 15 is 0 Å². The van der Waals surface area contributed by atoms with Gasteiger partial charge in [0.1, 0.15) is 56.0 Å². The van der Waals surface area contributed by atoms with Crippen molar-refractivity contribution in [1.29, 1.82) is 0 Å². The van der Waals surface area contributed by atoms with E-state index in [4.69, 9.17) is 80.2 Å². The summed E-state index contributed by atoms with van der Waals surface area (Å²) in [5.74, 6) is 3.03. The van der Waals surface area contributed by atoms with Crippen LogP contribution < -0.4 is 43.6 Å². The van der Waals surface area contributed by atoms with E-state index in [0.717, 1.165) is 180 Å². The van der Waals surface area contributed by atoms with Crippen molar-refractivity contribution in [2.45, 2.75) is 154 Å². The molecule has 9 aliphatic rings. The number of piperidine rings is 1. The molecule has 0 bridgehead atoms. The Bertz CT molecular complexity index is 5980. The standard InChI is InChI=1S/C38H43N7O3.C33H39N7O2.C31H38N6O.C3H3ClO.CH4.H2/c1-38(18-10-19-42(38)3)27-48-36-40-33-25-43(34-16-9-14-29-13-7-8-15-31(29)34)20-17-32(33)35(41-36)44-21-22-45(30(24-44)23-39-2)37(46)47-26-28-11-5-4-6-12-28;1-5-30(41)40-19-18-39(21-25(40)20-34-3)31-27-14-17-38(29-13-8-11-24-10-6-7-12-26(24)29)22-28(27)35-32(36-31)42-23-33(2)15-9-16-37(33)4;1-31(15-8-16-35(31)3)22-38-30-33-27-21-36(28-13-6-11-24-10-4-5-12-25(24)28)18-14-26(27)29(34-30)37-17-7-9-23(20-37)19-32-2;1-2-3(4)5;;/h4-9,11-16,30H,10,17-27H2,1,3H3;5-8,10-13,25H,1,9,14-23H2,2,4H3;4-6,10-13,23H,7-9,14-22H2,1,3H3;2H,1H2;1H4;1H/t30?,38-;25?,33-;23?,31-;;;/m000.../s1/i;;;;;1+1. The van der Waals surface area contributed by atoms with E-state index in [1.54, 1.807) is 9.80 Å². The molecule has 9 aliphatic heterocycles. The maximum absolute atomic E-state index is 13.2. The molecule has 27 nitrogen and oxygen atoms in total. The van der Waals surface area contributed by atoms with Gasteiger partial charge in [0.2, 0.25) is 30.8 Å². The van der Waals surface area contributed by atoms with Crippen LogP contribution in [-0.4, -0.2) is 253 Å². The lowest BCUT2D eigenvalue weighted by Crippen LogP contribution is -2.57. The number of anilines is 6. The number of allylic oxidation sites excluding steroid dienone is 1. The first-order valence-corrected chi connectivity index (χ1v) is 47.4. The third-order valence-electron chi connectivity index (χ3n) is 28.7. The Balaban J connectivity index is 0.000000158. The molecule has 0 N–H and O–H groups in total. The molecule has 0 aliphatic carbocycles. The van der Waals surface area contributed by atoms with E-state index in [-0.39, 0.29) is 69.3 Å². The molecule has 28 heteroatoms. The number of hydrogen-bond acceptors (Lipinski definition) is 22. The number of hydrogen-bond donors (Lipinski definition) is 0. The molecule has 0 saturated carbocycles. The van der Waals surface area contributed by atoms with Crippen LogP contribution in [0.4, 0.5) is 39.3 Å². The van der Waals surface area contributed by atoms with E-state index < -0.39 is 5.24 Å². The molecule has 3 unspecified atom stereocenters. The normalized spacial score (nSPS) is 21.7. The van der Waals surface area contributed by atoms with Crippen LogP contribution >= 0.6 is 11.6 Å². The number of likely N-dealkylation sites (N-methyl/N-ethyl adjacent to an activating group) is 3. The third kappa shape index (κ3) is 21.9. The molecule has 2 amide bonds. The number of carbonyl (C=O) groups is 3. The maximum atomic E-state index is 13.2. The first-order valence-electron chi connectivity index (χ1n) is 47.0. The molecular formula is C106H129ClN20O7. The quantitative estimate of drug-likeness (QED) is 0.0350. The Hall–Kier alpha value is -12.7. The maximum Gasteiger partial charge on any atom is 0.410 e. The van der Waals surface area contributed by atoms with E-state index in [2.05, 4.69) is 241 Å². The number of amides is 2. The lowest BCUT2D eigenvalue weighted by molar-refractivity contribution is -0.128. The van der Waals surface area contributed by atoms with Crippen molar-refractivity contribution in [2.24, 2.45) is 5.92 Å². The summed E-state index contributed by atoms with van der Waals surface area (Å²) in [6.07, 6.45) is 13.5. The number of halogens is 1. The molecule has 6 atom stereocenters. The second kappa shape index (κ2) is 43.5. The molecule has 10 aromatic rings. The van der Waals surface area contributed by atoms with Crippen LogP contribution in [-0.2, 0) is 59.8 Å². The molecule has 6 saturated heterocycles. The van der Waals surface area contributed by atoms with E-state index in [1.807, 2.05) is 30.3 Å². The predicted octanol–water partition coefficient (Wildman–Crippen LogP) is 17.0. The summed E-state index contributed by atoms with van der Waals surface area (Å²) in [5.41, 5.74) is 11.0. The monoisotopic (exact) mass is 1830 g/mol. The van der Waals surface area contributed by atoms with Crippen LogP contribution in [0.1, 0.15) is 120 Å². The fourth-order valence-electron chi connectivity index (χ4n) is 20.5. The first-order chi connectivity index (χ1) is 64.6. The minimum absolute atomic E-state index is 0. The highest BCUT2D eigenvalue weighted by Gasteiger charge is 2.43. The van der Waals surface area contributed by atoms with E-state index in [1.165, 1.54) is 67.4 Å². The van der Waals surface area contributed by atoms with Crippen LogP contribution in [0.5, 0.6) is 18.0 Å². The molecule has 702 valence electrons. The van der Waals surface area contributed by atoms with Crippen molar-refractivity contribution in [3.05, 3.63) is 257 Å². The van der Waals surface area contributed by atoms with E-state index in [0.29, 0.717) is 103 Å². The van der Waals surface area contributed by atoms with Gasteiger partial charge < -0.3 is 67.8 Å². The number of aromatic nitrogens is 6. The van der Waals surface area contributed by atoms with Crippen LogP contribution in [0.25, 0.3) is 46.9 Å². The number of fused-ring (bicyclic) bond motifs is 6. The van der Waals surface area contributed by atoms with Crippen molar-refractivity contribution in [2.75, 3.05) is 182 Å². The van der Waals surface area contributed by atoms with Crippen LogP contribution in [0.2, 0.25) is 0 Å². The number of rotatable bonds is 22. The van der Waals surface area contributed by atoms with Crippen molar-refractivity contribution in [3.63, 3.8) is 0 Å². The van der Waals surface area contributed by atoms with Crippen LogP contribution in [0.15, 0.2) is 183 Å². The van der Waals surface area contributed by atoms with Gasteiger partial charge in [-0.15, -0.1) is 0 Å². The summed E-state index contributed by atoms with van der Waals surface area (Å²) in [7, 11) is 6.49. The van der Waals surface area contributed by atoms with Gasteiger partial charge >= 0.3 is 24.1 Å². The number of carbonyl (C=O) groups excluding carboxylic acids is 3. The van der Waals surface area contributed by atoms with E-state index in [9.17, 15) is 14.4 Å². The summed E-state index contributed by atoms with van der Waals surface area (Å²) in [6, 6.07) is 55.5. The highest BCUT2D eigenvalue weighted by Crippen LogP contribution is 2.42. The Labute approximate surface area is 796 Å². The topological polar surface area (TPSA) is 214 Å². The first kappa shape index (κ1) is 95.9. The number of benzene rings is 7. The minimum atomic E-state index is -0.509. The molecule has 134 heavy (non-hydrogen) atoms. The van der Waals surface area contributed by atoms with Gasteiger partial charge in [0.25, 0.3) is 0 Å². The number of ether oxygens (including phenoxy) is 4. The summed E-state index contributed by atoms with van der Waals surface area (Å²) in [5, 5.41) is 6.92. The Morgan fingerprint density at radius 2 is 0.806 bits per heavy atom. The summed E-state index contributed by atoms with van der Waals surface area (Å²) < 4.78 is 24.9. The highest BCUT2D eigenvalue weighted by molar-refractivity contribution is 6.66. The molecule has 6 fully saturated rings. The van der Waals surface area contributed by atoms with Gasteiger partial charge in [-0.25, -0.2) is 24.5 Å². The van der Waals surface area contributed by atoms with Crippen molar-refractivity contribution >= 4 is 95.7 Å². The van der Waals surface area contributed by atoms with Crippen molar-refractivity contribution in [3.8, 4) is 18.0 Å². The van der Waals surface area contributed by atoms with Gasteiger partial charge in [0, 0.05) is 129 Å². The van der Waals surface area contributed by atoms with Gasteiger partial charge in [-0.2, -0.15) is 29.9 Å². The second-order valence-corrected chi connectivity index (χ2v) is 37.7. The molecule has 0 spiro atoms. The van der Waals surface area contributed by atoms with Crippen LogP contribution in [0, 0.1) is 25.6 Å². The third-order valence-corrected chi connectivity index (χ3v) is 28.9. The zero-order valence-electron chi connectivity index (χ0n) is 77.7. The zero-order valence-corrected chi connectivity index (χ0v) is 78.5. The lowest BCUT2D eigenvalue weighted by atomic mass is 9.96. The van der Waals surface area contributed by atoms with Gasteiger partial charge in [0.05, 0.1) is 53.3 Å². The molecule has 3 aromatic heterocycles. The average Bonchev–Trinajstić information content (AvgIpc) is 0.786. The minimum Gasteiger partial charge on any atom is -0.461 e. The highest BCUT2D eigenvalue weighted by atomic mass is 35.5. The Kier molecular flexibility index (Phi) is 31.2. The summed E-state index contributed by atoms with van der Waals surface area (Å²) in [6.45, 7) is 51.8. The number of nitrogens with zero attached hydrogens (tertiary/aromatic N) is 20. The number of likely N-dealkylation sites (tertiary alicyclic amines) is 3. The van der Waals surface area contributed by atoms with Gasteiger partial charge in [-0.05, 0) is 196 Å².